The van der Waals surface area contributed by atoms with E-state index in [1.165, 1.54) is 6.92 Å². The molecule has 17 heavy (non-hydrogen) atoms. The number of amides is 1. The summed E-state index contributed by atoms with van der Waals surface area (Å²) in [7, 11) is 0. The Kier molecular flexibility index (Phi) is 5.32. The topological polar surface area (TPSA) is 55.1 Å². The predicted molar refractivity (Wildman–Crippen MR) is 73.2 cm³/mol. The largest absolute Gasteiger partial charge is 0.397 e. The van der Waals surface area contributed by atoms with Gasteiger partial charge in [-0.1, -0.05) is 35.4 Å². The third kappa shape index (κ3) is 4.67. The summed E-state index contributed by atoms with van der Waals surface area (Å²) in [4.78, 5) is 10.6. The van der Waals surface area contributed by atoms with E-state index in [2.05, 4.69) is 5.32 Å². The van der Waals surface area contributed by atoms with Crippen LogP contribution in [-0.2, 0) is 4.79 Å². The Hall–Kier alpha value is -1.19. The lowest BCUT2D eigenvalue weighted by Crippen LogP contribution is -2.20. The van der Waals surface area contributed by atoms with Crippen LogP contribution in [0.1, 0.15) is 18.9 Å². The number of nitrogens with one attached hydrogen (secondary N) is 1. The number of halogens is 2. The highest BCUT2D eigenvalue weighted by Gasteiger charge is 2.02. The fourth-order valence-electron chi connectivity index (χ4n) is 1.28. The third-order valence-electron chi connectivity index (χ3n) is 2.11. The zero-order chi connectivity index (χ0) is 12.8. The molecule has 1 aromatic rings. The van der Waals surface area contributed by atoms with Gasteiger partial charge in [-0.3, -0.25) is 4.79 Å². The summed E-state index contributed by atoms with van der Waals surface area (Å²) in [5.41, 5.74) is 7.09. The summed E-state index contributed by atoms with van der Waals surface area (Å²) in [6.07, 6.45) is 4.48. The lowest BCUT2D eigenvalue weighted by molar-refractivity contribution is -0.118. The molecule has 3 nitrogen and oxygen atoms in total. The molecule has 0 unspecified atom stereocenters. The van der Waals surface area contributed by atoms with E-state index in [9.17, 15) is 4.79 Å². The standard InChI is InChI=1S/C12H14Cl2N2O/c1-8(17)16-5-3-2-4-9-6-10(13)7-11(14)12(9)15/h2,4,6-7H,3,5,15H2,1H3,(H,16,17). The number of benzene rings is 1. The number of hydrogen-bond acceptors (Lipinski definition) is 2. The van der Waals surface area contributed by atoms with Crippen molar-refractivity contribution in [2.24, 2.45) is 0 Å². The van der Waals surface area contributed by atoms with Gasteiger partial charge in [-0.2, -0.15) is 0 Å². The summed E-state index contributed by atoms with van der Waals surface area (Å²) >= 11 is 11.8. The van der Waals surface area contributed by atoms with Gasteiger partial charge in [-0.05, 0) is 18.6 Å². The maximum Gasteiger partial charge on any atom is 0.216 e. The van der Waals surface area contributed by atoms with Crippen LogP contribution in [-0.4, -0.2) is 12.5 Å². The molecule has 0 aliphatic heterocycles. The van der Waals surface area contributed by atoms with Crippen LogP contribution in [0.2, 0.25) is 10.0 Å². The molecule has 0 aliphatic rings. The summed E-state index contributed by atoms with van der Waals surface area (Å²) in [6.45, 7) is 2.08. The van der Waals surface area contributed by atoms with E-state index in [0.717, 1.165) is 12.0 Å². The molecule has 0 saturated carbocycles. The van der Waals surface area contributed by atoms with Crippen LogP contribution < -0.4 is 11.1 Å². The first-order valence-electron chi connectivity index (χ1n) is 5.16. The van der Waals surface area contributed by atoms with Crippen molar-refractivity contribution in [1.29, 1.82) is 0 Å². The molecule has 3 N–H and O–H groups in total. The second kappa shape index (κ2) is 6.52. The molecule has 0 atom stereocenters. The number of hydrogen-bond donors (Lipinski definition) is 2. The van der Waals surface area contributed by atoms with Gasteiger partial charge >= 0.3 is 0 Å². The van der Waals surface area contributed by atoms with Crippen LogP contribution in [0, 0.1) is 0 Å². The van der Waals surface area contributed by atoms with Crippen LogP contribution >= 0.6 is 23.2 Å². The highest BCUT2D eigenvalue weighted by molar-refractivity contribution is 6.36. The van der Waals surface area contributed by atoms with E-state index in [4.69, 9.17) is 28.9 Å². The minimum absolute atomic E-state index is 0.0382. The Balaban J connectivity index is 2.62. The van der Waals surface area contributed by atoms with Crippen molar-refractivity contribution in [3.8, 4) is 0 Å². The van der Waals surface area contributed by atoms with Crippen LogP contribution in [0.4, 0.5) is 5.69 Å². The maximum atomic E-state index is 10.6. The van der Waals surface area contributed by atoms with Gasteiger partial charge in [-0.25, -0.2) is 0 Å². The van der Waals surface area contributed by atoms with Gasteiger partial charge in [-0.15, -0.1) is 0 Å². The Morgan fingerprint density at radius 3 is 2.82 bits per heavy atom. The second-order valence-corrected chi connectivity index (χ2v) is 4.41. The van der Waals surface area contributed by atoms with Crippen molar-refractivity contribution in [2.75, 3.05) is 12.3 Å². The minimum atomic E-state index is -0.0382. The molecule has 0 aromatic heterocycles. The zero-order valence-corrected chi connectivity index (χ0v) is 11.0. The Morgan fingerprint density at radius 1 is 1.47 bits per heavy atom. The van der Waals surface area contributed by atoms with Crippen molar-refractivity contribution in [3.05, 3.63) is 33.8 Å². The first kappa shape index (κ1) is 13.9. The van der Waals surface area contributed by atoms with Crippen molar-refractivity contribution in [1.82, 2.24) is 5.32 Å². The number of carbonyl (C=O) groups excluding carboxylic acids is 1. The molecule has 1 rings (SSSR count). The summed E-state index contributed by atoms with van der Waals surface area (Å²) in [5.74, 6) is -0.0382. The fraction of sp³-hybridized carbons (Fsp3) is 0.250. The quantitative estimate of drug-likeness (QED) is 0.654. The van der Waals surface area contributed by atoms with Gasteiger partial charge in [0, 0.05) is 24.1 Å². The summed E-state index contributed by atoms with van der Waals surface area (Å²) < 4.78 is 0. The van der Waals surface area contributed by atoms with E-state index in [-0.39, 0.29) is 5.91 Å². The van der Waals surface area contributed by atoms with E-state index in [0.29, 0.717) is 22.3 Å². The molecule has 5 heteroatoms. The first-order valence-corrected chi connectivity index (χ1v) is 5.92. The van der Waals surface area contributed by atoms with Crippen LogP contribution in [0.25, 0.3) is 6.08 Å². The smallest absolute Gasteiger partial charge is 0.216 e. The average Bonchev–Trinajstić information content (AvgIpc) is 2.23. The maximum absolute atomic E-state index is 10.6. The highest BCUT2D eigenvalue weighted by Crippen LogP contribution is 2.28. The van der Waals surface area contributed by atoms with E-state index >= 15 is 0 Å². The van der Waals surface area contributed by atoms with Gasteiger partial charge in [0.25, 0.3) is 0 Å². The number of anilines is 1. The van der Waals surface area contributed by atoms with E-state index < -0.39 is 0 Å². The summed E-state index contributed by atoms with van der Waals surface area (Å²) in [5, 5.41) is 3.69. The molecule has 1 amide bonds. The molecule has 0 fully saturated rings. The third-order valence-corrected chi connectivity index (χ3v) is 2.64. The molecule has 1 aromatic carbocycles. The second-order valence-electron chi connectivity index (χ2n) is 3.56. The van der Waals surface area contributed by atoms with E-state index in [1.54, 1.807) is 12.1 Å². The Labute approximate surface area is 111 Å². The Morgan fingerprint density at radius 2 is 2.18 bits per heavy atom. The van der Waals surface area contributed by atoms with E-state index in [1.807, 2.05) is 12.2 Å². The fourth-order valence-corrected chi connectivity index (χ4v) is 1.79. The van der Waals surface area contributed by atoms with Gasteiger partial charge in [0.15, 0.2) is 0 Å². The van der Waals surface area contributed by atoms with Crippen molar-refractivity contribution < 1.29 is 4.79 Å². The summed E-state index contributed by atoms with van der Waals surface area (Å²) in [6, 6.07) is 3.35. The number of rotatable bonds is 4. The normalized spacial score (nSPS) is 10.8. The molecular formula is C12H14Cl2N2O. The van der Waals surface area contributed by atoms with Crippen LogP contribution in [0.3, 0.4) is 0 Å². The van der Waals surface area contributed by atoms with Crippen molar-refractivity contribution in [2.45, 2.75) is 13.3 Å². The molecule has 0 spiro atoms. The van der Waals surface area contributed by atoms with Gasteiger partial charge in [0.05, 0.1) is 10.7 Å². The van der Waals surface area contributed by atoms with Gasteiger partial charge < -0.3 is 11.1 Å². The number of nitrogen functional groups attached to an aromatic ring is 1. The SMILES string of the molecule is CC(=O)NCCC=Cc1cc(Cl)cc(Cl)c1N. The number of nitrogens with two attached hydrogens (primary N) is 1. The minimum Gasteiger partial charge on any atom is -0.397 e. The molecule has 0 saturated heterocycles. The first-order chi connectivity index (χ1) is 8.00. The van der Waals surface area contributed by atoms with Crippen LogP contribution in [0.15, 0.2) is 18.2 Å². The molecule has 0 heterocycles. The number of carbonyl (C=O) groups is 1. The molecule has 0 radical (unpaired) electrons. The van der Waals surface area contributed by atoms with Crippen molar-refractivity contribution >= 4 is 40.9 Å². The highest BCUT2D eigenvalue weighted by atomic mass is 35.5. The van der Waals surface area contributed by atoms with Gasteiger partial charge in [0.1, 0.15) is 0 Å². The predicted octanol–water partition coefficient (Wildman–Crippen LogP) is 3.12. The van der Waals surface area contributed by atoms with Gasteiger partial charge in [0.2, 0.25) is 5.91 Å². The monoisotopic (exact) mass is 272 g/mol. The van der Waals surface area contributed by atoms with Crippen molar-refractivity contribution in [3.63, 3.8) is 0 Å². The Bertz CT molecular complexity index is 444. The lowest BCUT2D eigenvalue weighted by Gasteiger charge is -2.04. The lowest BCUT2D eigenvalue weighted by atomic mass is 10.1. The molecule has 0 aliphatic carbocycles. The molecular weight excluding hydrogens is 259 g/mol. The molecule has 92 valence electrons. The zero-order valence-electron chi connectivity index (χ0n) is 9.47. The average molecular weight is 273 g/mol. The molecule has 0 bridgehead atoms. The van der Waals surface area contributed by atoms with Crippen LogP contribution in [0.5, 0.6) is 0 Å².